The normalized spacial score (nSPS) is 14.7. The second kappa shape index (κ2) is 15.3. The molecular formula is C25H50N4O3. The van der Waals surface area contributed by atoms with Crippen LogP contribution < -0.4 is 21.3 Å². The van der Waals surface area contributed by atoms with E-state index >= 15 is 0 Å². The molecule has 3 amide bonds. The van der Waals surface area contributed by atoms with Crippen molar-refractivity contribution < 1.29 is 14.4 Å². The van der Waals surface area contributed by atoms with Crippen LogP contribution in [0.15, 0.2) is 0 Å². The maximum atomic E-state index is 13.2. The molecule has 7 heteroatoms. The maximum Gasteiger partial charge on any atom is 0.243 e. The van der Waals surface area contributed by atoms with Gasteiger partial charge in [0.1, 0.15) is 12.1 Å². The van der Waals surface area contributed by atoms with Gasteiger partial charge in [0, 0.05) is 12.6 Å². The van der Waals surface area contributed by atoms with Gasteiger partial charge in [-0.1, -0.05) is 69.2 Å². The van der Waals surface area contributed by atoms with Crippen molar-refractivity contribution in [2.75, 3.05) is 6.54 Å². The zero-order valence-electron chi connectivity index (χ0n) is 22.2. The van der Waals surface area contributed by atoms with Crippen LogP contribution in [0.5, 0.6) is 0 Å². The van der Waals surface area contributed by atoms with Crippen LogP contribution in [0.2, 0.25) is 0 Å². The zero-order chi connectivity index (χ0) is 25.0. The van der Waals surface area contributed by atoms with Gasteiger partial charge in [0.2, 0.25) is 17.7 Å². The van der Waals surface area contributed by atoms with Gasteiger partial charge in [0.25, 0.3) is 0 Å². The van der Waals surface area contributed by atoms with Gasteiger partial charge in [0.05, 0.1) is 6.04 Å². The summed E-state index contributed by atoms with van der Waals surface area (Å²) in [5.74, 6) is 0.487. The Labute approximate surface area is 196 Å². The monoisotopic (exact) mass is 454 g/mol. The zero-order valence-corrected chi connectivity index (χ0v) is 22.2. The molecule has 0 spiro atoms. The largest absolute Gasteiger partial charge is 0.354 e. The minimum Gasteiger partial charge on any atom is -0.354 e. The van der Waals surface area contributed by atoms with E-state index in [2.05, 4.69) is 35.1 Å². The summed E-state index contributed by atoms with van der Waals surface area (Å²) in [4.78, 5) is 39.0. The second-order valence-corrected chi connectivity index (χ2v) is 11.0. The first-order valence-electron chi connectivity index (χ1n) is 12.4. The van der Waals surface area contributed by atoms with Gasteiger partial charge in [-0.15, -0.1) is 0 Å². The van der Waals surface area contributed by atoms with Gasteiger partial charge in [-0.25, -0.2) is 0 Å². The highest BCUT2D eigenvalue weighted by molar-refractivity contribution is 5.93. The summed E-state index contributed by atoms with van der Waals surface area (Å²) in [6.45, 7) is 20.9. The van der Waals surface area contributed by atoms with E-state index in [0.717, 1.165) is 0 Å². The van der Waals surface area contributed by atoms with Crippen molar-refractivity contribution in [3.05, 3.63) is 0 Å². The fourth-order valence-corrected chi connectivity index (χ4v) is 3.50. The van der Waals surface area contributed by atoms with Crippen molar-refractivity contribution >= 4 is 17.7 Å². The van der Waals surface area contributed by atoms with Crippen LogP contribution in [-0.2, 0) is 14.4 Å². The Morgan fingerprint density at radius 3 is 1.28 bits per heavy atom. The van der Waals surface area contributed by atoms with Crippen molar-refractivity contribution in [1.82, 2.24) is 21.3 Å². The molecule has 0 aromatic rings. The van der Waals surface area contributed by atoms with E-state index in [0.29, 0.717) is 37.6 Å². The smallest absolute Gasteiger partial charge is 0.243 e. The fraction of sp³-hybridized carbons (Fsp3) is 0.880. The summed E-state index contributed by atoms with van der Waals surface area (Å²) in [5.41, 5.74) is 0. The number of hydrogen-bond donors (Lipinski definition) is 4. The lowest BCUT2D eigenvalue weighted by Gasteiger charge is -2.28. The Morgan fingerprint density at radius 1 is 0.531 bits per heavy atom. The number of rotatable bonds is 15. The van der Waals surface area contributed by atoms with E-state index < -0.39 is 12.1 Å². The number of nitrogens with one attached hydrogen (secondary N) is 4. The molecule has 0 radical (unpaired) electrons. The summed E-state index contributed by atoms with van der Waals surface area (Å²) in [7, 11) is 0. The third kappa shape index (κ3) is 13.7. The van der Waals surface area contributed by atoms with Crippen molar-refractivity contribution in [1.29, 1.82) is 0 Å². The summed E-state index contributed by atoms with van der Waals surface area (Å²) < 4.78 is 0. The van der Waals surface area contributed by atoms with E-state index in [4.69, 9.17) is 0 Å². The van der Waals surface area contributed by atoms with Gasteiger partial charge in [-0.2, -0.15) is 0 Å². The lowest BCUT2D eigenvalue weighted by Crippen LogP contribution is -2.57. The van der Waals surface area contributed by atoms with Gasteiger partial charge in [0.15, 0.2) is 0 Å². The Balaban J connectivity index is 5.44. The Kier molecular flexibility index (Phi) is 14.5. The van der Waals surface area contributed by atoms with Crippen molar-refractivity contribution in [2.24, 2.45) is 23.7 Å². The second-order valence-electron chi connectivity index (χ2n) is 11.0. The highest BCUT2D eigenvalue weighted by atomic mass is 16.2. The molecular weight excluding hydrogens is 404 g/mol. The van der Waals surface area contributed by atoms with Crippen molar-refractivity contribution in [2.45, 2.75) is 113 Å². The highest BCUT2D eigenvalue weighted by Crippen LogP contribution is 2.11. The van der Waals surface area contributed by atoms with Crippen LogP contribution in [0.1, 0.15) is 88.5 Å². The Hall–Kier alpha value is -1.63. The molecule has 4 N–H and O–H groups in total. The van der Waals surface area contributed by atoms with Crippen molar-refractivity contribution in [3.8, 4) is 0 Å². The molecule has 0 bridgehead atoms. The fourth-order valence-electron chi connectivity index (χ4n) is 3.50. The summed E-state index contributed by atoms with van der Waals surface area (Å²) in [5, 5.41) is 12.1. The lowest BCUT2D eigenvalue weighted by atomic mass is 9.98. The SMILES string of the molecule is CC(C)CNC(=O)C(CC(C)C)NC(=O)C(CC(C)C)NC(=O)C(CC(C)C)NC(C)C. The number of amides is 3. The minimum atomic E-state index is -0.682. The molecule has 0 saturated carbocycles. The molecule has 0 aliphatic heterocycles. The third-order valence-corrected chi connectivity index (χ3v) is 4.92. The maximum absolute atomic E-state index is 13.2. The van der Waals surface area contributed by atoms with Gasteiger partial charge in [-0.05, 0) is 42.9 Å². The molecule has 3 unspecified atom stereocenters. The van der Waals surface area contributed by atoms with Crippen LogP contribution in [0, 0.1) is 23.7 Å². The third-order valence-electron chi connectivity index (χ3n) is 4.92. The summed E-state index contributed by atoms with van der Waals surface area (Å²) in [6.07, 6.45) is 1.74. The molecule has 7 nitrogen and oxygen atoms in total. The highest BCUT2D eigenvalue weighted by Gasteiger charge is 2.30. The van der Waals surface area contributed by atoms with E-state index in [1.807, 2.05) is 55.4 Å². The van der Waals surface area contributed by atoms with Crippen LogP contribution in [0.3, 0.4) is 0 Å². The molecule has 0 fully saturated rings. The van der Waals surface area contributed by atoms with E-state index in [-0.39, 0.29) is 41.6 Å². The van der Waals surface area contributed by atoms with E-state index in [1.54, 1.807) is 0 Å². The van der Waals surface area contributed by atoms with Crippen molar-refractivity contribution in [3.63, 3.8) is 0 Å². The van der Waals surface area contributed by atoms with Crippen LogP contribution in [0.25, 0.3) is 0 Å². The lowest BCUT2D eigenvalue weighted by molar-refractivity contribution is -0.133. The molecule has 0 aliphatic rings. The first-order chi connectivity index (χ1) is 14.7. The average Bonchev–Trinajstić information content (AvgIpc) is 2.62. The average molecular weight is 455 g/mol. The quantitative estimate of drug-likeness (QED) is 0.305. The molecule has 0 aromatic carbocycles. The van der Waals surface area contributed by atoms with Gasteiger partial charge < -0.3 is 21.3 Å². The predicted octanol–water partition coefficient (Wildman–Crippen LogP) is 3.23. The van der Waals surface area contributed by atoms with Crippen LogP contribution >= 0.6 is 0 Å². The van der Waals surface area contributed by atoms with Crippen LogP contribution in [-0.4, -0.2) is 48.4 Å². The van der Waals surface area contributed by atoms with Crippen LogP contribution in [0.4, 0.5) is 0 Å². The minimum absolute atomic E-state index is 0.155. The van der Waals surface area contributed by atoms with E-state index in [1.165, 1.54) is 0 Å². The number of carbonyl (C=O) groups is 3. The Bertz CT molecular complexity index is 564. The first-order valence-corrected chi connectivity index (χ1v) is 12.4. The standard InChI is InChI=1S/C25H50N4O3/c1-15(2)11-20(23(30)26-14-18(7)8)28-25(32)22(13-17(5)6)29-24(31)21(12-16(3)4)27-19(9)10/h15-22,27H,11-14H2,1-10H3,(H,26,30)(H,28,32)(H,29,31). The molecule has 0 heterocycles. The molecule has 3 atom stereocenters. The summed E-state index contributed by atoms with van der Waals surface area (Å²) in [6, 6.07) is -1.51. The summed E-state index contributed by atoms with van der Waals surface area (Å²) >= 11 is 0. The molecule has 0 aliphatic carbocycles. The van der Waals surface area contributed by atoms with Gasteiger partial charge >= 0.3 is 0 Å². The van der Waals surface area contributed by atoms with Gasteiger partial charge in [-0.3, -0.25) is 14.4 Å². The molecule has 32 heavy (non-hydrogen) atoms. The van der Waals surface area contributed by atoms with E-state index in [9.17, 15) is 14.4 Å². The number of carbonyl (C=O) groups excluding carboxylic acids is 3. The predicted molar refractivity (Wildman–Crippen MR) is 132 cm³/mol. The Morgan fingerprint density at radius 2 is 0.906 bits per heavy atom. The molecule has 0 rings (SSSR count). The molecule has 0 saturated heterocycles. The topological polar surface area (TPSA) is 99.3 Å². The molecule has 188 valence electrons. The first kappa shape index (κ1) is 30.4. The molecule has 0 aromatic heterocycles. The number of hydrogen-bond acceptors (Lipinski definition) is 4.